The standard InChI is InChI=1S/C16H10N2O2/c17-10-11-4-5-15-12(8-11)6-7-18(15)14-3-1-2-13(9-14)16(19)20/h1-9H,(H,19,20). The van der Waals surface area contributed by atoms with Crippen LogP contribution in [0.1, 0.15) is 15.9 Å². The zero-order chi connectivity index (χ0) is 14.1. The molecule has 20 heavy (non-hydrogen) atoms. The first-order chi connectivity index (χ1) is 9.69. The van der Waals surface area contributed by atoms with Crippen LogP contribution < -0.4 is 0 Å². The van der Waals surface area contributed by atoms with Crippen LogP contribution in [0.25, 0.3) is 16.6 Å². The fraction of sp³-hybridized carbons (Fsp3) is 0. The fourth-order valence-corrected chi connectivity index (χ4v) is 2.23. The smallest absolute Gasteiger partial charge is 0.335 e. The number of fused-ring (bicyclic) bond motifs is 1. The van der Waals surface area contributed by atoms with Crippen molar-refractivity contribution in [2.75, 3.05) is 0 Å². The number of carboxylic acid groups (broad SMARTS) is 1. The maximum atomic E-state index is 11.0. The molecule has 0 aliphatic carbocycles. The van der Waals surface area contributed by atoms with Crippen LogP contribution in [0.2, 0.25) is 0 Å². The molecule has 0 spiro atoms. The Bertz CT molecular complexity index is 856. The minimum Gasteiger partial charge on any atom is -0.478 e. The van der Waals surface area contributed by atoms with E-state index >= 15 is 0 Å². The van der Waals surface area contributed by atoms with E-state index in [4.69, 9.17) is 10.4 Å². The third kappa shape index (κ3) is 1.91. The van der Waals surface area contributed by atoms with Gasteiger partial charge < -0.3 is 9.67 Å². The largest absolute Gasteiger partial charge is 0.478 e. The van der Waals surface area contributed by atoms with E-state index in [-0.39, 0.29) is 5.56 Å². The summed E-state index contributed by atoms with van der Waals surface area (Å²) in [4.78, 5) is 11.0. The van der Waals surface area contributed by atoms with Crippen molar-refractivity contribution in [2.45, 2.75) is 0 Å². The summed E-state index contributed by atoms with van der Waals surface area (Å²) < 4.78 is 1.91. The number of hydrogen-bond acceptors (Lipinski definition) is 2. The van der Waals surface area contributed by atoms with Gasteiger partial charge in [0.05, 0.1) is 22.7 Å². The molecule has 1 N–H and O–H groups in total. The summed E-state index contributed by atoms with van der Waals surface area (Å²) in [6.07, 6.45) is 1.87. The van der Waals surface area contributed by atoms with Crippen LogP contribution in [0.15, 0.2) is 54.7 Å². The van der Waals surface area contributed by atoms with Crippen LogP contribution in [-0.2, 0) is 0 Å². The molecule has 0 saturated heterocycles. The predicted octanol–water partition coefficient (Wildman–Crippen LogP) is 3.20. The van der Waals surface area contributed by atoms with Crippen LogP contribution in [0.5, 0.6) is 0 Å². The summed E-state index contributed by atoms with van der Waals surface area (Å²) in [6.45, 7) is 0. The summed E-state index contributed by atoms with van der Waals surface area (Å²) in [5, 5.41) is 18.9. The van der Waals surface area contributed by atoms with E-state index in [9.17, 15) is 4.79 Å². The van der Waals surface area contributed by atoms with Gasteiger partial charge in [-0.2, -0.15) is 5.26 Å². The highest BCUT2D eigenvalue weighted by atomic mass is 16.4. The van der Waals surface area contributed by atoms with E-state index < -0.39 is 5.97 Å². The van der Waals surface area contributed by atoms with Gasteiger partial charge in [-0.3, -0.25) is 0 Å². The van der Waals surface area contributed by atoms with E-state index in [1.54, 1.807) is 24.3 Å². The third-order valence-electron chi connectivity index (χ3n) is 3.19. The third-order valence-corrected chi connectivity index (χ3v) is 3.19. The Morgan fingerprint density at radius 1 is 1.15 bits per heavy atom. The van der Waals surface area contributed by atoms with E-state index in [0.717, 1.165) is 16.6 Å². The van der Waals surface area contributed by atoms with Gasteiger partial charge in [0.1, 0.15) is 0 Å². The van der Waals surface area contributed by atoms with Crippen molar-refractivity contribution in [3.05, 3.63) is 65.9 Å². The maximum Gasteiger partial charge on any atom is 0.335 e. The zero-order valence-corrected chi connectivity index (χ0v) is 10.4. The Balaban J connectivity index is 2.18. The number of carboxylic acids is 1. The molecule has 1 aromatic heterocycles. The van der Waals surface area contributed by atoms with Gasteiger partial charge in [-0.25, -0.2) is 4.79 Å². The van der Waals surface area contributed by atoms with E-state index in [2.05, 4.69) is 6.07 Å². The second-order valence-corrected chi connectivity index (χ2v) is 4.43. The highest BCUT2D eigenvalue weighted by Gasteiger charge is 2.07. The van der Waals surface area contributed by atoms with E-state index in [0.29, 0.717) is 5.56 Å². The van der Waals surface area contributed by atoms with Gasteiger partial charge in [-0.15, -0.1) is 0 Å². The average Bonchev–Trinajstić information content (AvgIpc) is 2.90. The molecule has 0 aliphatic heterocycles. The molecule has 4 heteroatoms. The molecular weight excluding hydrogens is 252 g/mol. The lowest BCUT2D eigenvalue weighted by molar-refractivity contribution is 0.0697. The number of nitriles is 1. The molecule has 0 bridgehead atoms. The number of carbonyl (C=O) groups is 1. The fourth-order valence-electron chi connectivity index (χ4n) is 2.23. The lowest BCUT2D eigenvalue weighted by atomic mass is 10.1. The first kappa shape index (κ1) is 12.0. The molecule has 3 rings (SSSR count). The quantitative estimate of drug-likeness (QED) is 0.771. The number of aromatic carboxylic acids is 1. The molecule has 3 aromatic rings. The van der Waals surface area contributed by atoms with Gasteiger partial charge in [0, 0.05) is 17.3 Å². The number of hydrogen-bond donors (Lipinski definition) is 1. The van der Waals surface area contributed by atoms with Crippen molar-refractivity contribution in [3.63, 3.8) is 0 Å². The van der Waals surface area contributed by atoms with Crippen molar-refractivity contribution in [1.82, 2.24) is 4.57 Å². The second-order valence-electron chi connectivity index (χ2n) is 4.43. The number of nitrogens with zero attached hydrogens (tertiary/aromatic N) is 2. The molecular formula is C16H10N2O2. The number of aromatic nitrogens is 1. The summed E-state index contributed by atoms with van der Waals surface area (Å²) >= 11 is 0. The predicted molar refractivity (Wildman–Crippen MR) is 74.9 cm³/mol. The van der Waals surface area contributed by atoms with Crippen LogP contribution in [-0.4, -0.2) is 15.6 Å². The molecule has 96 valence electrons. The molecule has 0 atom stereocenters. The van der Waals surface area contributed by atoms with Gasteiger partial charge in [-0.1, -0.05) is 6.07 Å². The summed E-state index contributed by atoms with van der Waals surface area (Å²) in [5.74, 6) is -0.949. The van der Waals surface area contributed by atoms with Crippen molar-refractivity contribution in [2.24, 2.45) is 0 Å². The van der Waals surface area contributed by atoms with Gasteiger partial charge in [0.15, 0.2) is 0 Å². The highest BCUT2D eigenvalue weighted by Crippen LogP contribution is 2.22. The van der Waals surface area contributed by atoms with Gasteiger partial charge >= 0.3 is 5.97 Å². The number of rotatable bonds is 2. The van der Waals surface area contributed by atoms with E-state index in [1.165, 1.54) is 0 Å². The summed E-state index contributed by atoms with van der Waals surface area (Å²) in [5.41, 5.74) is 2.57. The minimum atomic E-state index is -0.949. The highest BCUT2D eigenvalue weighted by molar-refractivity contribution is 5.89. The monoisotopic (exact) mass is 262 g/mol. The molecule has 0 amide bonds. The Kier molecular flexibility index (Phi) is 2.73. The molecule has 0 aliphatic rings. The maximum absolute atomic E-state index is 11.0. The Morgan fingerprint density at radius 2 is 2.00 bits per heavy atom. The minimum absolute atomic E-state index is 0.248. The molecule has 0 radical (unpaired) electrons. The van der Waals surface area contributed by atoms with Gasteiger partial charge in [-0.05, 0) is 42.5 Å². The van der Waals surface area contributed by atoms with Crippen molar-refractivity contribution >= 4 is 16.9 Å². The van der Waals surface area contributed by atoms with Crippen molar-refractivity contribution < 1.29 is 9.90 Å². The second kappa shape index (κ2) is 4.56. The molecule has 2 aromatic carbocycles. The lowest BCUT2D eigenvalue weighted by Gasteiger charge is -2.06. The van der Waals surface area contributed by atoms with Crippen LogP contribution >= 0.6 is 0 Å². The van der Waals surface area contributed by atoms with Gasteiger partial charge in [0.25, 0.3) is 0 Å². The first-order valence-electron chi connectivity index (χ1n) is 6.04. The van der Waals surface area contributed by atoms with E-state index in [1.807, 2.05) is 35.0 Å². The van der Waals surface area contributed by atoms with Crippen molar-refractivity contribution in [3.8, 4) is 11.8 Å². The van der Waals surface area contributed by atoms with Crippen molar-refractivity contribution in [1.29, 1.82) is 5.26 Å². The molecule has 0 unspecified atom stereocenters. The van der Waals surface area contributed by atoms with Crippen LogP contribution in [0, 0.1) is 11.3 Å². The first-order valence-corrected chi connectivity index (χ1v) is 6.04. The lowest BCUT2D eigenvalue weighted by Crippen LogP contribution is -1.99. The SMILES string of the molecule is N#Cc1ccc2c(ccn2-c2cccc(C(=O)O)c2)c1. The molecule has 0 saturated carbocycles. The Labute approximate surface area is 115 Å². The van der Waals surface area contributed by atoms with Gasteiger partial charge in [0.2, 0.25) is 0 Å². The Hall–Kier alpha value is -3.06. The molecule has 4 nitrogen and oxygen atoms in total. The zero-order valence-electron chi connectivity index (χ0n) is 10.4. The summed E-state index contributed by atoms with van der Waals surface area (Å²) in [7, 11) is 0. The topological polar surface area (TPSA) is 66.0 Å². The van der Waals surface area contributed by atoms with Crippen LogP contribution in [0.3, 0.4) is 0 Å². The molecule has 0 fully saturated rings. The number of benzene rings is 2. The summed E-state index contributed by atoms with van der Waals surface area (Å²) in [6, 6.07) is 16.2. The molecule has 1 heterocycles. The van der Waals surface area contributed by atoms with Crippen LogP contribution in [0.4, 0.5) is 0 Å². The Morgan fingerprint density at radius 3 is 2.75 bits per heavy atom. The average molecular weight is 262 g/mol. The normalized spacial score (nSPS) is 10.3.